The first-order valence-corrected chi connectivity index (χ1v) is 9.18. The topological polar surface area (TPSA) is 91.3 Å². The van der Waals surface area contributed by atoms with Gasteiger partial charge < -0.3 is 15.7 Å². The van der Waals surface area contributed by atoms with Crippen molar-refractivity contribution in [3.05, 3.63) is 65.0 Å². The molecule has 142 valence electrons. The minimum absolute atomic E-state index is 0.158. The van der Waals surface area contributed by atoms with Crippen molar-refractivity contribution < 1.29 is 14.7 Å². The standard InChI is InChI=1S/C21H25N3O3/c1-12-9-16(12)24-20(26)15-10-17(23-18(11-15)21(27)22-3)19(13(2)25)14-7-5-4-6-8-14/h4-8,10-13,16,19,25H,9H2,1-3H3,(H,22,27)(H,24,26)/t12-,13-,16-,19+/m0/s1. The summed E-state index contributed by atoms with van der Waals surface area (Å²) in [6.07, 6.45) is 0.228. The van der Waals surface area contributed by atoms with Gasteiger partial charge >= 0.3 is 0 Å². The summed E-state index contributed by atoms with van der Waals surface area (Å²) in [5.41, 5.74) is 1.90. The van der Waals surface area contributed by atoms with E-state index in [1.807, 2.05) is 30.3 Å². The molecule has 1 aromatic carbocycles. The minimum Gasteiger partial charge on any atom is -0.392 e. The first kappa shape index (κ1) is 19.0. The number of benzene rings is 1. The zero-order valence-electron chi connectivity index (χ0n) is 15.8. The van der Waals surface area contributed by atoms with Gasteiger partial charge in [0.15, 0.2) is 0 Å². The molecule has 1 aliphatic rings. The summed E-state index contributed by atoms with van der Waals surface area (Å²) in [5.74, 6) is -0.566. The molecule has 2 aromatic rings. The summed E-state index contributed by atoms with van der Waals surface area (Å²) in [5, 5.41) is 15.9. The van der Waals surface area contributed by atoms with Crippen LogP contribution in [0.3, 0.4) is 0 Å². The second-order valence-corrected chi connectivity index (χ2v) is 7.17. The van der Waals surface area contributed by atoms with Crippen LogP contribution in [0.5, 0.6) is 0 Å². The van der Waals surface area contributed by atoms with Crippen LogP contribution >= 0.6 is 0 Å². The van der Waals surface area contributed by atoms with Crippen LogP contribution in [0, 0.1) is 5.92 Å². The lowest BCUT2D eigenvalue weighted by Gasteiger charge is -2.21. The maximum atomic E-state index is 12.7. The van der Waals surface area contributed by atoms with Gasteiger partial charge in [-0.3, -0.25) is 9.59 Å². The molecule has 0 unspecified atom stereocenters. The van der Waals surface area contributed by atoms with Crippen LogP contribution < -0.4 is 10.6 Å². The fourth-order valence-electron chi connectivity index (χ4n) is 3.22. The van der Waals surface area contributed by atoms with E-state index in [1.165, 1.54) is 13.1 Å². The molecular weight excluding hydrogens is 342 g/mol. The predicted molar refractivity (Wildman–Crippen MR) is 103 cm³/mol. The smallest absolute Gasteiger partial charge is 0.269 e. The molecule has 1 aliphatic carbocycles. The van der Waals surface area contributed by atoms with Gasteiger partial charge in [-0.25, -0.2) is 4.98 Å². The van der Waals surface area contributed by atoms with Crippen molar-refractivity contribution in [1.29, 1.82) is 0 Å². The lowest BCUT2D eigenvalue weighted by molar-refractivity contribution is 0.0948. The fourth-order valence-corrected chi connectivity index (χ4v) is 3.22. The van der Waals surface area contributed by atoms with Gasteiger partial charge in [-0.2, -0.15) is 0 Å². The van der Waals surface area contributed by atoms with E-state index < -0.39 is 12.0 Å². The van der Waals surface area contributed by atoms with E-state index in [0.717, 1.165) is 12.0 Å². The van der Waals surface area contributed by atoms with Gasteiger partial charge in [0.2, 0.25) is 0 Å². The van der Waals surface area contributed by atoms with Gasteiger partial charge in [0.1, 0.15) is 5.69 Å². The summed E-state index contributed by atoms with van der Waals surface area (Å²) in [4.78, 5) is 29.3. The fraction of sp³-hybridized carbons (Fsp3) is 0.381. The second kappa shape index (κ2) is 7.88. The number of hydrogen-bond donors (Lipinski definition) is 3. The molecule has 0 spiro atoms. The van der Waals surface area contributed by atoms with Gasteiger partial charge in [0.05, 0.1) is 17.7 Å². The number of amides is 2. The molecule has 2 amide bonds. The van der Waals surface area contributed by atoms with Gasteiger partial charge in [0, 0.05) is 18.7 Å². The molecule has 0 aliphatic heterocycles. The molecule has 0 saturated heterocycles. The largest absolute Gasteiger partial charge is 0.392 e. The lowest BCUT2D eigenvalue weighted by atomic mass is 9.89. The lowest BCUT2D eigenvalue weighted by Crippen LogP contribution is -2.29. The highest BCUT2D eigenvalue weighted by molar-refractivity contribution is 5.98. The predicted octanol–water partition coefficient (Wildman–Crippen LogP) is 2.09. The Hall–Kier alpha value is -2.73. The van der Waals surface area contributed by atoms with Crippen LogP contribution in [0.15, 0.2) is 42.5 Å². The third kappa shape index (κ3) is 4.34. The molecule has 1 fully saturated rings. The number of nitrogens with zero attached hydrogens (tertiary/aromatic N) is 1. The molecule has 1 heterocycles. The summed E-state index contributed by atoms with van der Waals surface area (Å²) in [6, 6.07) is 12.8. The maximum Gasteiger partial charge on any atom is 0.269 e. The number of aliphatic hydroxyl groups is 1. The maximum absolute atomic E-state index is 12.7. The van der Waals surface area contributed by atoms with Crippen LogP contribution in [0.4, 0.5) is 0 Å². The Morgan fingerprint density at radius 1 is 1.19 bits per heavy atom. The average molecular weight is 367 g/mol. The van der Waals surface area contributed by atoms with E-state index in [-0.39, 0.29) is 23.6 Å². The van der Waals surface area contributed by atoms with Crippen molar-refractivity contribution in [2.24, 2.45) is 5.92 Å². The number of nitrogens with one attached hydrogen (secondary N) is 2. The molecule has 0 radical (unpaired) electrons. The first-order chi connectivity index (χ1) is 12.9. The molecule has 4 atom stereocenters. The van der Waals surface area contributed by atoms with E-state index in [2.05, 4.69) is 22.5 Å². The van der Waals surface area contributed by atoms with Gasteiger partial charge in [-0.15, -0.1) is 0 Å². The molecule has 6 heteroatoms. The monoisotopic (exact) mass is 367 g/mol. The Morgan fingerprint density at radius 2 is 1.85 bits per heavy atom. The van der Waals surface area contributed by atoms with Gasteiger partial charge in [0.25, 0.3) is 11.8 Å². The van der Waals surface area contributed by atoms with Gasteiger partial charge in [-0.1, -0.05) is 37.3 Å². The Morgan fingerprint density at radius 3 is 2.41 bits per heavy atom. The highest BCUT2D eigenvalue weighted by atomic mass is 16.3. The van der Waals surface area contributed by atoms with Crippen molar-refractivity contribution in [3.63, 3.8) is 0 Å². The summed E-state index contributed by atoms with van der Waals surface area (Å²) in [7, 11) is 1.52. The molecule has 0 bridgehead atoms. The quantitative estimate of drug-likeness (QED) is 0.729. The van der Waals surface area contributed by atoms with Crippen molar-refractivity contribution in [2.75, 3.05) is 7.05 Å². The van der Waals surface area contributed by atoms with Crippen molar-refractivity contribution in [2.45, 2.75) is 38.3 Å². The van der Waals surface area contributed by atoms with Crippen molar-refractivity contribution in [3.8, 4) is 0 Å². The molecule has 6 nitrogen and oxygen atoms in total. The Labute approximate surface area is 159 Å². The van der Waals surface area contributed by atoms with E-state index in [4.69, 9.17) is 0 Å². The molecule has 1 saturated carbocycles. The van der Waals surface area contributed by atoms with Crippen LogP contribution in [-0.4, -0.2) is 41.1 Å². The third-order valence-electron chi connectivity index (χ3n) is 4.95. The molecule has 27 heavy (non-hydrogen) atoms. The zero-order valence-corrected chi connectivity index (χ0v) is 15.8. The van der Waals surface area contributed by atoms with Crippen LogP contribution in [0.1, 0.15) is 58.3 Å². The normalized spacial score (nSPS) is 20.4. The summed E-state index contributed by atoms with van der Waals surface area (Å²) in [6.45, 7) is 3.76. The average Bonchev–Trinajstić information content (AvgIpc) is 3.36. The highest BCUT2D eigenvalue weighted by Crippen LogP contribution is 2.30. The van der Waals surface area contributed by atoms with Crippen molar-refractivity contribution >= 4 is 11.8 Å². The Kier molecular flexibility index (Phi) is 5.56. The van der Waals surface area contributed by atoms with Crippen LogP contribution in [0.25, 0.3) is 0 Å². The zero-order chi connectivity index (χ0) is 19.6. The van der Waals surface area contributed by atoms with E-state index in [1.54, 1.807) is 13.0 Å². The number of hydrogen-bond acceptors (Lipinski definition) is 4. The van der Waals surface area contributed by atoms with Gasteiger partial charge in [-0.05, 0) is 37.0 Å². The Balaban J connectivity index is 2.03. The summed E-state index contributed by atoms with van der Waals surface area (Å²) >= 11 is 0. The van der Waals surface area contributed by atoms with Crippen LogP contribution in [-0.2, 0) is 0 Å². The summed E-state index contributed by atoms with van der Waals surface area (Å²) < 4.78 is 0. The molecule has 3 rings (SSSR count). The SMILES string of the molecule is CNC(=O)c1cc(C(=O)N[C@H]2C[C@@H]2C)cc([C@@H](c2ccccc2)[C@H](C)O)n1. The van der Waals surface area contributed by atoms with Crippen LogP contribution in [0.2, 0.25) is 0 Å². The number of pyridine rings is 1. The number of carbonyl (C=O) groups excluding carboxylic acids is 2. The molecule has 1 aromatic heterocycles. The third-order valence-corrected chi connectivity index (χ3v) is 4.95. The molecule has 3 N–H and O–H groups in total. The second-order valence-electron chi connectivity index (χ2n) is 7.17. The van der Waals surface area contributed by atoms with E-state index in [0.29, 0.717) is 17.2 Å². The highest BCUT2D eigenvalue weighted by Gasteiger charge is 2.34. The number of aromatic nitrogens is 1. The number of carbonyl (C=O) groups is 2. The van der Waals surface area contributed by atoms with Crippen molar-refractivity contribution in [1.82, 2.24) is 15.6 Å². The molecular formula is C21H25N3O3. The first-order valence-electron chi connectivity index (χ1n) is 9.18. The Bertz CT molecular complexity index is 836. The number of aliphatic hydroxyl groups excluding tert-OH is 1. The minimum atomic E-state index is -0.737. The van der Waals surface area contributed by atoms with E-state index >= 15 is 0 Å². The van der Waals surface area contributed by atoms with E-state index in [9.17, 15) is 14.7 Å². The number of rotatable bonds is 6.